The zero-order valence-electron chi connectivity index (χ0n) is 41.2. The van der Waals surface area contributed by atoms with Gasteiger partial charge in [-0.2, -0.15) is 0 Å². The van der Waals surface area contributed by atoms with Gasteiger partial charge in [-0.15, -0.1) is 0 Å². The van der Waals surface area contributed by atoms with Gasteiger partial charge in [-0.1, -0.05) is 71.7 Å². The van der Waals surface area contributed by atoms with Crippen LogP contribution in [0.2, 0.25) is 5.02 Å². The first kappa shape index (κ1) is 62.1. The highest BCUT2D eigenvalue weighted by Gasteiger charge is 2.37. The minimum absolute atomic E-state index is 0.0404. The van der Waals surface area contributed by atoms with E-state index in [9.17, 15) is 72.9 Å². The van der Waals surface area contributed by atoms with Gasteiger partial charge in [0.25, 0.3) is 0 Å². The lowest BCUT2D eigenvalue weighted by Crippen LogP contribution is -2.62. The number of primary amides is 1. The Labute approximate surface area is 416 Å². The van der Waals surface area contributed by atoms with Gasteiger partial charge in [0.2, 0.25) is 59.1 Å². The van der Waals surface area contributed by atoms with Crippen LogP contribution in [0.25, 0.3) is 0 Å². The second-order valence-corrected chi connectivity index (χ2v) is 18.3. The smallest absolute Gasteiger partial charge is 0.326 e. The molecule has 1 aromatic carbocycles. The van der Waals surface area contributed by atoms with Crippen LogP contribution in [0.4, 0.5) is 0 Å². The van der Waals surface area contributed by atoms with E-state index >= 15 is 0 Å². The van der Waals surface area contributed by atoms with Crippen molar-refractivity contribution >= 4 is 82.6 Å². The molecule has 14 N–H and O–H groups in total. The van der Waals surface area contributed by atoms with Crippen molar-refractivity contribution < 1.29 is 72.9 Å². The molecule has 0 saturated heterocycles. The van der Waals surface area contributed by atoms with Crippen LogP contribution < -0.4 is 53.6 Å². The number of carbonyl (C=O) groups excluding carboxylic acids is 10. The number of rotatable bonds is 30. The van der Waals surface area contributed by atoms with Gasteiger partial charge in [0.15, 0.2) is 0 Å². The van der Waals surface area contributed by atoms with Gasteiger partial charge in [0.05, 0.1) is 25.5 Å². The summed E-state index contributed by atoms with van der Waals surface area (Å²) in [7, 11) is 0. The summed E-state index contributed by atoms with van der Waals surface area (Å²) in [6.07, 6.45) is -3.19. The number of carboxylic acid groups (broad SMARTS) is 2. The number of aliphatic hydroxyl groups excluding tert-OH is 1. The molecule has 396 valence electrons. The molecule has 10 atom stereocenters. The molecule has 0 unspecified atom stereocenters. The molecule has 25 nitrogen and oxygen atoms in total. The zero-order valence-corrected chi connectivity index (χ0v) is 41.9. The first-order valence-electron chi connectivity index (χ1n) is 22.8. The lowest BCUT2D eigenvalue weighted by Gasteiger charge is -2.30. The van der Waals surface area contributed by atoms with Crippen LogP contribution in [0, 0.1) is 17.8 Å². The van der Waals surface area contributed by atoms with E-state index < -0.39 is 157 Å². The molecule has 0 aromatic heterocycles. The summed E-state index contributed by atoms with van der Waals surface area (Å²) in [5.74, 6) is -14.2. The van der Waals surface area contributed by atoms with Gasteiger partial charge in [-0.25, -0.2) is 4.79 Å². The molecule has 0 heterocycles. The Morgan fingerprint density at radius 3 is 1.56 bits per heavy atom. The molecule has 0 aliphatic rings. The first-order chi connectivity index (χ1) is 33.0. The topological polar surface area (TPSA) is 400 Å². The second kappa shape index (κ2) is 30.0. The first-order valence-corrected chi connectivity index (χ1v) is 23.2. The number of nitrogens with one attached hydrogen (secondary N) is 9. The minimum Gasteiger partial charge on any atom is -0.481 e. The van der Waals surface area contributed by atoms with Gasteiger partial charge < -0.3 is 68.9 Å². The van der Waals surface area contributed by atoms with Crippen molar-refractivity contribution in [2.45, 2.75) is 149 Å². The maximum atomic E-state index is 13.9. The summed E-state index contributed by atoms with van der Waals surface area (Å²) in [4.78, 5) is 154. The molecule has 1 aromatic rings. The summed E-state index contributed by atoms with van der Waals surface area (Å²) in [6, 6.07) is -5.51. The van der Waals surface area contributed by atoms with Crippen molar-refractivity contribution in [3.8, 4) is 0 Å². The third kappa shape index (κ3) is 22.6. The van der Waals surface area contributed by atoms with Crippen LogP contribution in [0.3, 0.4) is 0 Å². The predicted molar refractivity (Wildman–Crippen MR) is 254 cm³/mol. The fourth-order valence-corrected chi connectivity index (χ4v) is 6.78. The number of amides is 10. The van der Waals surface area contributed by atoms with Crippen molar-refractivity contribution in [3.05, 3.63) is 34.9 Å². The lowest BCUT2D eigenvalue weighted by atomic mass is 9.95. The SMILES string of the molecule is CC[C@H](C)[C@H](NC(=O)[C@@H](NC(=O)[C@@H](NC(=O)CNC(=O)[C@H](C)NC(=O)[C@H](Cc1ccc(Cl)cc1)NC(C)=O)[C@@H](C)O)C(C)C)C(=O)N[C@@H](CC(N)=O)C(=O)N[C@@H](CC(=O)O)C(=O)N[C@@H](CC(C)C)C(=O)O. The van der Waals surface area contributed by atoms with Crippen LogP contribution in [0.15, 0.2) is 24.3 Å². The molecule has 26 heteroatoms. The highest BCUT2D eigenvalue weighted by Crippen LogP contribution is 2.14. The Balaban J connectivity index is 3.15. The van der Waals surface area contributed by atoms with Crippen LogP contribution in [0.5, 0.6) is 0 Å². The van der Waals surface area contributed by atoms with Crippen molar-refractivity contribution in [3.63, 3.8) is 0 Å². The number of carbonyl (C=O) groups is 12. The van der Waals surface area contributed by atoms with Gasteiger partial charge >= 0.3 is 11.9 Å². The Hall–Kier alpha value is -6.89. The third-order valence-electron chi connectivity index (χ3n) is 10.7. The molecular weight excluding hydrogens is 956 g/mol. The van der Waals surface area contributed by atoms with Crippen LogP contribution >= 0.6 is 11.6 Å². The average molecular weight is 1030 g/mol. The fourth-order valence-electron chi connectivity index (χ4n) is 6.66. The highest BCUT2D eigenvalue weighted by molar-refractivity contribution is 6.30. The van der Waals surface area contributed by atoms with Gasteiger partial charge in [0, 0.05) is 18.4 Å². The second-order valence-electron chi connectivity index (χ2n) is 17.8. The molecule has 0 fully saturated rings. The van der Waals surface area contributed by atoms with Gasteiger partial charge in [0.1, 0.15) is 48.3 Å². The summed E-state index contributed by atoms with van der Waals surface area (Å²) >= 11 is 5.93. The number of halogens is 1. The molecule has 0 spiro atoms. The predicted octanol–water partition coefficient (Wildman–Crippen LogP) is -2.52. The molecule has 10 amide bonds. The highest BCUT2D eigenvalue weighted by atomic mass is 35.5. The number of hydrogen-bond donors (Lipinski definition) is 13. The molecular formula is C45H69ClN10O15. The van der Waals surface area contributed by atoms with Crippen LogP contribution in [0.1, 0.15) is 93.6 Å². The quantitative estimate of drug-likeness (QED) is 0.0378. The number of hydrogen-bond acceptors (Lipinski definition) is 13. The van der Waals surface area contributed by atoms with E-state index in [-0.39, 0.29) is 25.2 Å². The summed E-state index contributed by atoms with van der Waals surface area (Å²) in [6.45, 7) is 12.6. The van der Waals surface area contributed by atoms with Crippen molar-refractivity contribution in [1.82, 2.24) is 47.9 Å². The summed E-state index contributed by atoms with van der Waals surface area (Å²) < 4.78 is 0. The molecule has 1 rings (SSSR count). The normalized spacial score (nSPS) is 15.3. The molecule has 0 aliphatic heterocycles. The molecule has 71 heavy (non-hydrogen) atoms. The molecule has 0 radical (unpaired) electrons. The number of aliphatic carboxylic acids is 2. The van der Waals surface area contributed by atoms with Crippen LogP contribution in [-0.4, -0.2) is 147 Å². The van der Waals surface area contributed by atoms with E-state index in [0.717, 1.165) is 0 Å². The zero-order chi connectivity index (χ0) is 54.4. The van der Waals surface area contributed by atoms with Crippen LogP contribution in [-0.2, 0) is 64.0 Å². The van der Waals surface area contributed by atoms with Crippen molar-refractivity contribution in [1.29, 1.82) is 0 Å². The Bertz CT molecular complexity index is 2090. The van der Waals surface area contributed by atoms with E-state index in [1.807, 2.05) is 0 Å². The maximum absolute atomic E-state index is 13.9. The van der Waals surface area contributed by atoms with Gasteiger partial charge in [-0.3, -0.25) is 52.7 Å². The third-order valence-corrected chi connectivity index (χ3v) is 11.0. The number of aliphatic hydroxyl groups is 1. The Morgan fingerprint density at radius 1 is 0.592 bits per heavy atom. The monoisotopic (exact) mass is 1020 g/mol. The lowest BCUT2D eigenvalue weighted by molar-refractivity contribution is -0.144. The van der Waals surface area contributed by atoms with E-state index in [2.05, 4.69) is 47.9 Å². The maximum Gasteiger partial charge on any atom is 0.326 e. The van der Waals surface area contributed by atoms with E-state index in [4.69, 9.17) is 17.3 Å². The number of benzene rings is 1. The average Bonchev–Trinajstić information content (AvgIpc) is 3.26. The minimum atomic E-state index is -1.87. The van der Waals surface area contributed by atoms with Crippen molar-refractivity contribution in [2.75, 3.05) is 6.54 Å². The van der Waals surface area contributed by atoms with Gasteiger partial charge in [-0.05, 0) is 55.7 Å². The summed E-state index contributed by atoms with van der Waals surface area (Å²) in [5, 5.41) is 51.1. The Morgan fingerprint density at radius 2 is 1.08 bits per heavy atom. The molecule has 0 bridgehead atoms. The van der Waals surface area contributed by atoms with E-state index in [1.165, 1.54) is 34.6 Å². The van der Waals surface area contributed by atoms with E-state index in [1.54, 1.807) is 52.0 Å². The fraction of sp³-hybridized carbons (Fsp3) is 0.600. The number of nitrogens with two attached hydrogens (primary N) is 1. The molecule has 0 saturated carbocycles. The Kier molecular flexibility index (Phi) is 26.2. The largest absolute Gasteiger partial charge is 0.481 e. The standard InChI is InChI=1S/C45H69ClN10O15/c1-10-22(6)36(43(68)52-29(17-32(47)59)40(65)51-30(18-34(61)62)41(66)53-31(45(70)71)15-20(2)3)56-42(67)35(21(4)5)55-44(69)37(24(8)57)54-33(60)19-48-38(63)23(7)49-39(64)28(50-25(9)58)16-26-11-13-27(46)14-12-26/h11-14,20-24,28-31,35-37,57H,10,15-19H2,1-9H3,(H2,47,59)(H,48,63)(H,49,64)(H,50,58)(H,51,65)(H,52,68)(H,53,66)(H,54,60)(H,55,69)(H,56,67)(H,61,62)(H,70,71)/t22-,23-,24+,28-,29-,30-,31-,35-,36-,37-/m0/s1. The number of carboxylic acids is 2. The molecule has 0 aliphatic carbocycles. The summed E-state index contributed by atoms with van der Waals surface area (Å²) in [5.41, 5.74) is 6.02. The van der Waals surface area contributed by atoms with Crippen molar-refractivity contribution in [2.24, 2.45) is 23.5 Å². The van der Waals surface area contributed by atoms with E-state index in [0.29, 0.717) is 10.6 Å².